The number of aliphatic hydroxyl groups excluding tert-OH is 1. The van der Waals surface area contributed by atoms with Gasteiger partial charge in [-0.3, -0.25) is 4.79 Å². The fraction of sp³-hybridized carbons (Fsp3) is 0.364. The summed E-state index contributed by atoms with van der Waals surface area (Å²) in [6.07, 6.45) is 0.0544. The number of esters is 1. The quantitative estimate of drug-likeness (QED) is 0.742. The van der Waals surface area contributed by atoms with Crippen molar-refractivity contribution in [3.05, 3.63) is 35.9 Å². The zero-order valence-corrected chi connectivity index (χ0v) is 8.14. The largest absolute Gasteiger partial charge is 0.469 e. The van der Waals surface area contributed by atoms with Crippen LogP contribution in [0.4, 0.5) is 0 Å². The van der Waals surface area contributed by atoms with Crippen molar-refractivity contribution in [1.82, 2.24) is 0 Å². The third-order valence-corrected chi connectivity index (χ3v) is 2.03. The number of benzene rings is 1. The van der Waals surface area contributed by atoms with Gasteiger partial charge in [-0.2, -0.15) is 0 Å². The molecule has 0 unspecified atom stereocenters. The van der Waals surface area contributed by atoms with Gasteiger partial charge in [-0.05, 0) is 12.0 Å². The normalized spacial score (nSPS) is 12.1. The monoisotopic (exact) mass is 194 g/mol. The second-order valence-corrected chi connectivity index (χ2v) is 3.04. The highest BCUT2D eigenvalue weighted by Crippen LogP contribution is 2.17. The van der Waals surface area contributed by atoms with Gasteiger partial charge < -0.3 is 9.84 Å². The number of carbonyl (C=O) groups excluding carboxylic acids is 1. The molecule has 0 radical (unpaired) electrons. The van der Waals surface area contributed by atoms with Crippen LogP contribution in [0.5, 0.6) is 0 Å². The van der Waals surface area contributed by atoms with Crippen LogP contribution in [0, 0.1) is 0 Å². The lowest BCUT2D eigenvalue weighted by atomic mass is 10.1. The van der Waals surface area contributed by atoms with E-state index >= 15 is 0 Å². The second-order valence-electron chi connectivity index (χ2n) is 3.04. The topological polar surface area (TPSA) is 46.5 Å². The highest BCUT2D eigenvalue weighted by molar-refractivity contribution is 5.69. The average Bonchev–Trinajstić information content (AvgIpc) is 2.26. The van der Waals surface area contributed by atoms with Gasteiger partial charge in [-0.15, -0.1) is 0 Å². The lowest BCUT2D eigenvalue weighted by molar-refractivity contribution is -0.141. The van der Waals surface area contributed by atoms with Gasteiger partial charge in [0.2, 0.25) is 0 Å². The highest BCUT2D eigenvalue weighted by Gasteiger charge is 2.09. The zero-order chi connectivity index (χ0) is 10.4. The summed E-state index contributed by atoms with van der Waals surface area (Å²) < 4.78 is 4.49. The molecule has 0 aliphatic rings. The minimum atomic E-state index is -0.588. The van der Waals surface area contributed by atoms with Gasteiger partial charge in [0, 0.05) is 6.42 Å². The molecular formula is C11H14O3. The highest BCUT2D eigenvalue weighted by atomic mass is 16.5. The Morgan fingerprint density at radius 1 is 1.43 bits per heavy atom. The zero-order valence-electron chi connectivity index (χ0n) is 8.14. The predicted octanol–water partition coefficient (Wildman–Crippen LogP) is 1.67. The third kappa shape index (κ3) is 3.18. The van der Waals surface area contributed by atoms with E-state index in [-0.39, 0.29) is 12.4 Å². The van der Waals surface area contributed by atoms with Crippen LogP contribution in [0.3, 0.4) is 0 Å². The van der Waals surface area contributed by atoms with Gasteiger partial charge in [0.15, 0.2) is 0 Å². The lowest BCUT2D eigenvalue weighted by Crippen LogP contribution is -2.04. The number of methoxy groups -OCH3 is 1. The molecule has 0 aliphatic heterocycles. The predicted molar refractivity (Wildman–Crippen MR) is 52.7 cm³/mol. The Balaban J connectivity index is 2.43. The first-order valence-corrected chi connectivity index (χ1v) is 4.54. The van der Waals surface area contributed by atoms with Gasteiger partial charge in [0.1, 0.15) is 0 Å². The average molecular weight is 194 g/mol. The van der Waals surface area contributed by atoms with Crippen LogP contribution in [0.2, 0.25) is 0 Å². The lowest BCUT2D eigenvalue weighted by Gasteiger charge is -2.09. The Hall–Kier alpha value is -1.35. The van der Waals surface area contributed by atoms with E-state index in [0.29, 0.717) is 6.42 Å². The maximum atomic E-state index is 10.8. The van der Waals surface area contributed by atoms with E-state index < -0.39 is 6.10 Å². The number of ether oxygens (including phenoxy) is 1. The molecule has 1 aromatic carbocycles. The van der Waals surface area contributed by atoms with E-state index in [2.05, 4.69) is 4.74 Å². The van der Waals surface area contributed by atoms with E-state index in [4.69, 9.17) is 0 Å². The Labute approximate surface area is 83.3 Å². The molecule has 0 aliphatic carbocycles. The summed E-state index contributed by atoms with van der Waals surface area (Å²) in [6, 6.07) is 9.27. The number of aliphatic hydroxyl groups is 1. The number of hydrogen-bond acceptors (Lipinski definition) is 3. The molecule has 0 bridgehead atoms. The van der Waals surface area contributed by atoms with E-state index in [1.54, 1.807) is 0 Å². The molecule has 0 fully saturated rings. The van der Waals surface area contributed by atoms with Crippen LogP contribution < -0.4 is 0 Å². The molecule has 1 aromatic rings. The van der Waals surface area contributed by atoms with Crippen LogP contribution in [0.1, 0.15) is 24.5 Å². The molecule has 1 N–H and O–H groups in total. The van der Waals surface area contributed by atoms with Crippen molar-refractivity contribution in [2.45, 2.75) is 18.9 Å². The van der Waals surface area contributed by atoms with Crippen molar-refractivity contribution in [3.63, 3.8) is 0 Å². The molecule has 1 atom stereocenters. The minimum absolute atomic E-state index is 0.243. The molecule has 1 rings (SSSR count). The molecule has 0 amide bonds. The maximum Gasteiger partial charge on any atom is 0.305 e. The van der Waals surface area contributed by atoms with Crippen molar-refractivity contribution in [2.24, 2.45) is 0 Å². The Morgan fingerprint density at radius 3 is 2.64 bits per heavy atom. The van der Waals surface area contributed by atoms with Gasteiger partial charge in [-0.1, -0.05) is 30.3 Å². The van der Waals surface area contributed by atoms with E-state index in [1.807, 2.05) is 30.3 Å². The standard InChI is InChI=1S/C11H14O3/c1-14-11(13)8-7-10(12)9-5-3-2-4-6-9/h2-6,10,12H,7-8H2,1H3/t10-/m1/s1. The van der Waals surface area contributed by atoms with Crippen molar-refractivity contribution < 1.29 is 14.6 Å². The first kappa shape index (κ1) is 10.7. The SMILES string of the molecule is COC(=O)CC[C@@H](O)c1ccccc1. The summed E-state index contributed by atoms with van der Waals surface area (Å²) in [5.41, 5.74) is 0.830. The molecule has 0 spiro atoms. The summed E-state index contributed by atoms with van der Waals surface area (Å²) >= 11 is 0. The fourth-order valence-corrected chi connectivity index (χ4v) is 1.20. The van der Waals surface area contributed by atoms with Crippen molar-refractivity contribution >= 4 is 5.97 Å². The molecular weight excluding hydrogens is 180 g/mol. The summed E-state index contributed by atoms with van der Waals surface area (Å²) in [6.45, 7) is 0. The molecule has 14 heavy (non-hydrogen) atoms. The first-order valence-electron chi connectivity index (χ1n) is 4.54. The van der Waals surface area contributed by atoms with Gasteiger partial charge in [-0.25, -0.2) is 0 Å². The van der Waals surface area contributed by atoms with Crippen molar-refractivity contribution in [3.8, 4) is 0 Å². The summed E-state index contributed by atoms with van der Waals surface area (Å²) in [7, 11) is 1.34. The number of carbonyl (C=O) groups is 1. The van der Waals surface area contributed by atoms with Crippen LogP contribution >= 0.6 is 0 Å². The minimum Gasteiger partial charge on any atom is -0.469 e. The summed E-state index contributed by atoms with van der Waals surface area (Å²) in [5.74, 6) is -0.292. The molecule has 76 valence electrons. The molecule has 0 saturated heterocycles. The van der Waals surface area contributed by atoms with Crippen LogP contribution in [-0.4, -0.2) is 18.2 Å². The Bertz CT molecular complexity index is 282. The van der Waals surface area contributed by atoms with Gasteiger partial charge >= 0.3 is 5.97 Å². The van der Waals surface area contributed by atoms with E-state index in [1.165, 1.54) is 7.11 Å². The van der Waals surface area contributed by atoms with Crippen LogP contribution in [0.15, 0.2) is 30.3 Å². The van der Waals surface area contributed by atoms with Crippen molar-refractivity contribution in [2.75, 3.05) is 7.11 Å². The molecule has 3 nitrogen and oxygen atoms in total. The molecule has 3 heteroatoms. The summed E-state index contributed by atoms with van der Waals surface area (Å²) in [4.78, 5) is 10.8. The molecule has 0 heterocycles. The fourth-order valence-electron chi connectivity index (χ4n) is 1.20. The van der Waals surface area contributed by atoms with Gasteiger partial charge in [0.25, 0.3) is 0 Å². The smallest absolute Gasteiger partial charge is 0.305 e. The second kappa shape index (κ2) is 5.40. The number of hydrogen-bond donors (Lipinski definition) is 1. The van der Waals surface area contributed by atoms with Gasteiger partial charge in [0.05, 0.1) is 13.2 Å². The third-order valence-electron chi connectivity index (χ3n) is 2.03. The van der Waals surface area contributed by atoms with E-state index in [9.17, 15) is 9.90 Å². The molecule has 0 aromatic heterocycles. The Kier molecular flexibility index (Phi) is 4.13. The maximum absolute atomic E-state index is 10.8. The Morgan fingerprint density at radius 2 is 2.07 bits per heavy atom. The summed E-state index contributed by atoms with van der Waals surface area (Å²) in [5, 5.41) is 9.66. The molecule has 0 saturated carbocycles. The van der Waals surface area contributed by atoms with Crippen LogP contribution in [-0.2, 0) is 9.53 Å². The van der Waals surface area contributed by atoms with E-state index in [0.717, 1.165) is 5.56 Å². The number of rotatable bonds is 4. The van der Waals surface area contributed by atoms with Crippen LogP contribution in [0.25, 0.3) is 0 Å². The van der Waals surface area contributed by atoms with Crippen molar-refractivity contribution in [1.29, 1.82) is 0 Å². The first-order chi connectivity index (χ1) is 6.74.